The summed E-state index contributed by atoms with van der Waals surface area (Å²) in [6.07, 6.45) is 1.74. The monoisotopic (exact) mass is 344 g/mol. The molecule has 4 nitrogen and oxygen atoms in total. The predicted octanol–water partition coefficient (Wildman–Crippen LogP) is 4.28. The lowest BCUT2D eigenvalue weighted by Crippen LogP contribution is -2.23. The molecular formula is C17H13ClN2O2S. The molecule has 1 fully saturated rings. The maximum atomic E-state index is 12.3. The molecule has 2 aromatic rings. The molecule has 1 heterocycles. The fraction of sp³-hybridized carbons (Fsp3) is 0.0588. The number of likely N-dealkylation sites (N-methyl/N-ethyl adjacent to an activating group) is 1. The van der Waals surface area contributed by atoms with E-state index >= 15 is 0 Å². The average Bonchev–Trinajstić information content (AvgIpc) is 2.78. The van der Waals surface area contributed by atoms with E-state index in [-0.39, 0.29) is 11.7 Å². The van der Waals surface area contributed by atoms with Crippen LogP contribution in [0, 0.1) is 0 Å². The molecule has 6 heteroatoms. The Balaban J connectivity index is 1.89. The van der Waals surface area contributed by atoms with Crippen molar-refractivity contribution >= 4 is 46.2 Å². The Hall–Kier alpha value is -2.24. The van der Waals surface area contributed by atoms with E-state index in [1.165, 1.54) is 16.7 Å². The van der Waals surface area contributed by atoms with Crippen molar-refractivity contribution in [3.63, 3.8) is 0 Å². The Labute approximate surface area is 143 Å². The summed E-state index contributed by atoms with van der Waals surface area (Å²) in [4.78, 5) is 18.9. The Kier molecular flexibility index (Phi) is 4.41. The summed E-state index contributed by atoms with van der Waals surface area (Å²) in [5, 5.41) is 10.7. The molecule has 116 valence electrons. The lowest BCUT2D eigenvalue weighted by atomic mass is 10.2. The number of hydrogen-bond donors (Lipinski definition) is 1. The SMILES string of the molecule is CN1C(=O)/C(=C/c2cccc(O)c2)SC1=Nc1ccc(Cl)cc1. The van der Waals surface area contributed by atoms with Crippen LogP contribution in [0.4, 0.5) is 5.69 Å². The van der Waals surface area contributed by atoms with Gasteiger partial charge in [0.25, 0.3) is 5.91 Å². The summed E-state index contributed by atoms with van der Waals surface area (Å²) < 4.78 is 0. The van der Waals surface area contributed by atoms with E-state index in [1.54, 1.807) is 55.6 Å². The van der Waals surface area contributed by atoms with Crippen molar-refractivity contribution in [3.05, 3.63) is 64.0 Å². The molecule has 0 saturated carbocycles. The van der Waals surface area contributed by atoms with Gasteiger partial charge >= 0.3 is 0 Å². The Morgan fingerprint density at radius 2 is 1.96 bits per heavy atom. The first-order valence-corrected chi connectivity index (χ1v) is 8.03. The third-order valence-electron chi connectivity index (χ3n) is 3.22. The summed E-state index contributed by atoms with van der Waals surface area (Å²) in [5.74, 6) is 0.0456. The van der Waals surface area contributed by atoms with Gasteiger partial charge in [0.2, 0.25) is 0 Å². The highest BCUT2D eigenvalue weighted by Gasteiger charge is 2.30. The molecule has 1 aliphatic heterocycles. The Bertz CT molecular complexity index is 816. The van der Waals surface area contributed by atoms with Crippen molar-refractivity contribution in [2.45, 2.75) is 0 Å². The van der Waals surface area contributed by atoms with Crippen molar-refractivity contribution in [1.29, 1.82) is 0 Å². The summed E-state index contributed by atoms with van der Waals surface area (Å²) >= 11 is 7.16. The van der Waals surface area contributed by atoms with Gasteiger partial charge in [0.05, 0.1) is 10.6 Å². The van der Waals surface area contributed by atoms with Crippen molar-refractivity contribution in [2.75, 3.05) is 7.05 Å². The molecule has 1 aliphatic rings. The van der Waals surface area contributed by atoms with Crippen LogP contribution in [0.25, 0.3) is 6.08 Å². The van der Waals surface area contributed by atoms with Crippen LogP contribution < -0.4 is 0 Å². The largest absolute Gasteiger partial charge is 0.508 e. The fourth-order valence-corrected chi connectivity index (χ4v) is 3.16. The van der Waals surface area contributed by atoms with Gasteiger partial charge in [-0.05, 0) is 59.8 Å². The number of carbonyl (C=O) groups is 1. The van der Waals surface area contributed by atoms with Crippen LogP contribution in [0.1, 0.15) is 5.56 Å². The van der Waals surface area contributed by atoms with Crippen LogP contribution in [0.3, 0.4) is 0 Å². The van der Waals surface area contributed by atoms with E-state index in [0.29, 0.717) is 15.1 Å². The zero-order chi connectivity index (χ0) is 16.4. The average molecular weight is 345 g/mol. The lowest BCUT2D eigenvalue weighted by Gasteiger charge is -2.07. The number of amides is 1. The topological polar surface area (TPSA) is 52.9 Å². The molecule has 0 atom stereocenters. The van der Waals surface area contributed by atoms with Gasteiger partial charge in [0, 0.05) is 12.1 Å². The van der Waals surface area contributed by atoms with Crippen molar-refractivity contribution in [3.8, 4) is 5.75 Å². The number of benzene rings is 2. The third-order valence-corrected chi connectivity index (χ3v) is 4.54. The number of hydrogen-bond acceptors (Lipinski definition) is 4. The number of carbonyl (C=O) groups excluding carboxylic acids is 1. The quantitative estimate of drug-likeness (QED) is 0.827. The highest BCUT2D eigenvalue weighted by atomic mass is 35.5. The second-order valence-corrected chi connectivity index (χ2v) is 6.39. The zero-order valence-electron chi connectivity index (χ0n) is 12.2. The molecule has 0 aliphatic carbocycles. The van der Waals surface area contributed by atoms with Gasteiger partial charge in [0.1, 0.15) is 5.75 Å². The van der Waals surface area contributed by atoms with Crippen molar-refractivity contribution in [2.24, 2.45) is 4.99 Å². The summed E-state index contributed by atoms with van der Waals surface area (Å²) in [7, 11) is 1.69. The van der Waals surface area contributed by atoms with E-state index < -0.39 is 0 Å². The molecule has 3 rings (SSSR count). The molecule has 0 bridgehead atoms. The number of rotatable bonds is 2. The van der Waals surface area contributed by atoms with E-state index in [2.05, 4.69) is 4.99 Å². The fourth-order valence-electron chi connectivity index (χ4n) is 2.04. The Morgan fingerprint density at radius 3 is 2.65 bits per heavy atom. The van der Waals surface area contributed by atoms with Crippen molar-refractivity contribution < 1.29 is 9.90 Å². The number of thioether (sulfide) groups is 1. The first kappa shape index (κ1) is 15.6. The number of nitrogens with zero attached hydrogens (tertiary/aromatic N) is 2. The van der Waals surface area contributed by atoms with Gasteiger partial charge in [-0.2, -0.15) is 0 Å². The van der Waals surface area contributed by atoms with Crippen molar-refractivity contribution in [1.82, 2.24) is 4.90 Å². The van der Waals surface area contributed by atoms with Gasteiger partial charge in [-0.1, -0.05) is 23.7 Å². The van der Waals surface area contributed by atoms with Gasteiger partial charge in [-0.3, -0.25) is 9.69 Å². The van der Waals surface area contributed by atoms with Crippen LogP contribution in [-0.4, -0.2) is 28.1 Å². The van der Waals surface area contributed by atoms with E-state index in [1.807, 2.05) is 6.07 Å². The minimum Gasteiger partial charge on any atom is -0.508 e. The molecule has 0 radical (unpaired) electrons. The zero-order valence-corrected chi connectivity index (χ0v) is 13.8. The molecule has 1 saturated heterocycles. The molecule has 23 heavy (non-hydrogen) atoms. The van der Waals surface area contributed by atoms with Crippen LogP contribution in [-0.2, 0) is 4.79 Å². The number of halogens is 1. The summed E-state index contributed by atoms with van der Waals surface area (Å²) in [6, 6.07) is 13.9. The maximum absolute atomic E-state index is 12.3. The third kappa shape index (κ3) is 3.57. The number of phenolic OH excluding ortho intramolecular Hbond substituents is 1. The standard InChI is InChI=1S/C17H13ClN2O2S/c1-20-16(22)15(10-11-3-2-4-14(21)9-11)23-17(20)19-13-7-5-12(18)6-8-13/h2-10,21H,1H3/b15-10-,19-17?. The minimum atomic E-state index is -0.119. The number of aromatic hydroxyl groups is 1. The van der Waals surface area contributed by atoms with E-state index in [0.717, 1.165) is 11.3 Å². The molecule has 0 unspecified atom stereocenters. The summed E-state index contributed by atoms with van der Waals surface area (Å²) in [5.41, 5.74) is 1.50. The van der Waals surface area contributed by atoms with Gasteiger partial charge in [0.15, 0.2) is 5.17 Å². The second kappa shape index (κ2) is 6.48. The number of amidine groups is 1. The highest BCUT2D eigenvalue weighted by molar-refractivity contribution is 8.18. The van der Waals surface area contributed by atoms with Crippen LogP contribution >= 0.6 is 23.4 Å². The van der Waals surface area contributed by atoms with Gasteiger partial charge in [-0.25, -0.2) is 4.99 Å². The van der Waals surface area contributed by atoms with E-state index in [9.17, 15) is 9.90 Å². The number of phenols is 1. The normalized spacial score (nSPS) is 18.2. The van der Waals surface area contributed by atoms with Crippen LogP contribution in [0.15, 0.2) is 58.4 Å². The van der Waals surface area contributed by atoms with E-state index in [4.69, 9.17) is 11.6 Å². The molecular weight excluding hydrogens is 332 g/mol. The Morgan fingerprint density at radius 1 is 1.22 bits per heavy atom. The molecule has 1 N–H and O–H groups in total. The highest BCUT2D eigenvalue weighted by Crippen LogP contribution is 2.33. The van der Waals surface area contributed by atoms with Gasteiger partial charge < -0.3 is 5.11 Å². The summed E-state index contributed by atoms with van der Waals surface area (Å²) in [6.45, 7) is 0. The number of aliphatic imine (C=N–C) groups is 1. The minimum absolute atomic E-state index is 0.119. The van der Waals surface area contributed by atoms with Crippen LogP contribution in [0.2, 0.25) is 5.02 Å². The molecule has 0 spiro atoms. The second-order valence-electron chi connectivity index (χ2n) is 4.94. The van der Waals surface area contributed by atoms with Gasteiger partial charge in [-0.15, -0.1) is 0 Å². The molecule has 0 aromatic heterocycles. The maximum Gasteiger partial charge on any atom is 0.266 e. The van der Waals surface area contributed by atoms with Crippen LogP contribution in [0.5, 0.6) is 5.75 Å². The smallest absolute Gasteiger partial charge is 0.266 e. The molecule has 2 aromatic carbocycles. The first-order chi connectivity index (χ1) is 11.0. The first-order valence-electron chi connectivity index (χ1n) is 6.84. The molecule has 1 amide bonds. The predicted molar refractivity (Wildman–Crippen MR) is 95.0 cm³/mol. The lowest BCUT2D eigenvalue weighted by molar-refractivity contribution is -0.121.